The number of carbonyl (C=O) groups is 1. The van der Waals surface area contributed by atoms with E-state index in [1.807, 2.05) is 0 Å². The molecular weight excluding hydrogens is 250 g/mol. The van der Waals surface area contributed by atoms with Crippen LogP contribution in [0, 0.1) is 5.41 Å². The number of aromatic hydroxyl groups is 1. The Morgan fingerprint density at radius 2 is 1.83 bits per heavy atom. The smallest absolute Gasteiger partial charge is 0.251 e. The van der Waals surface area contributed by atoms with Crippen molar-refractivity contribution in [1.82, 2.24) is 5.32 Å². The maximum atomic E-state index is 11.9. The number of nitrogens with one attached hydrogen (secondary N) is 1. The SMILES string of the molecule is CCC(CC)(CCl)CNC(=O)c1ccc(O)cc1. The van der Waals surface area contributed by atoms with Crippen LogP contribution in [0.2, 0.25) is 0 Å². The third-order valence-corrected chi connectivity index (χ3v) is 4.10. The summed E-state index contributed by atoms with van der Waals surface area (Å²) in [5.41, 5.74) is 0.511. The number of hydrogen-bond donors (Lipinski definition) is 2. The van der Waals surface area contributed by atoms with Gasteiger partial charge in [0.1, 0.15) is 5.75 Å². The monoisotopic (exact) mass is 269 g/mol. The third-order valence-electron chi connectivity index (χ3n) is 3.54. The summed E-state index contributed by atoms with van der Waals surface area (Å²) in [5, 5.41) is 12.1. The highest BCUT2D eigenvalue weighted by Crippen LogP contribution is 2.27. The van der Waals surface area contributed by atoms with E-state index in [2.05, 4.69) is 19.2 Å². The fraction of sp³-hybridized carbons (Fsp3) is 0.500. The Morgan fingerprint density at radius 1 is 1.28 bits per heavy atom. The first-order valence-electron chi connectivity index (χ1n) is 6.20. The number of carbonyl (C=O) groups excluding carboxylic acids is 1. The summed E-state index contributed by atoms with van der Waals surface area (Å²) in [6, 6.07) is 6.21. The quantitative estimate of drug-likeness (QED) is 0.780. The van der Waals surface area contributed by atoms with Gasteiger partial charge >= 0.3 is 0 Å². The minimum atomic E-state index is -0.133. The van der Waals surface area contributed by atoms with Crippen molar-refractivity contribution in [1.29, 1.82) is 0 Å². The lowest BCUT2D eigenvalue weighted by Gasteiger charge is -2.29. The van der Waals surface area contributed by atoms with Gasteiger partial charge in [-0.25, -0.2) is 0 Å². The first-order valence-corrected chi connectivity index (χ1v) is 6.73. The van der Waals surface area contributed by atoms with E-state index in [1.54, 1.807) is 12.1 Å². The number of phenols is 1. The maximum Gasteiger partial charge on any atom is 0.251 e. The summed E-state index contributed by atoms with van der Waals surface area (Å²) in [4.78, 5) is 11.9. The van der Waals surface area contributed by atoms with Crippen LogP contribution in [0.25, 0.3) is 0 Å². The molecule has 0 aliphatic heterocycles. The number of amides is 1. The summed E-state index contributed by atoms with van der Waals surface area (Å²) >= 11 is 5.99. The van der Waals surface area contributed by atoms with Crippen molar-refractivity contribution >= 4 is 17.5 Å². The van der Waals surface area contributed by atoms with Gasteiger partial charge in [-0.3, -0.25) is 4.79 Å². The van der Waals surface area contributed by atoms with Gasteiger partial charge < -0.3 is 10.4 Å². The normalized spacial score (nSPS) is 11.3. The van der Waals surface area contributed by atoms with E-state index in [9.17, 15) is 4.79 Å². The van der Waals surface area contributed by atoms with Crippen molar-refractivity contribution in [2.45, 2.75) is 26.7 Å². The van der Waals surface area contributed by atoms with Crippen LogP contribution in [0.15, 0.2) is 24.3 Å². The second-order valence-electron chi connectivity index (χ2n) is 4.57. The molecule has 0 bridgehead atoms. The molecule has 0 saturated heterocycles. The van der Waals surface area contributed by atoms with Gasteiger partial charge in [-0.05, 0) is 37.1 Å². The molecule has 1 rings (SSSR count). The minimum Gasteiger partial charge on any atom is -0.508 e. The predicted octanol–water partition coefficient (Wildman–Crippen LogP) is 3.17. The minimum absolute atomic E-state index is 0.0336. The van der Waals surface area contributed by atoms with E-state index in [0.717, 1.165) is 12.8 Å². The fourth-order valence-corrected chi connectivity index (χ4v) is 2.19. The molecule has 0 saturated carbocycles. The second kappa shape index (κ2) is 6.64. The van der Waals surface area contributed by atoms with Crippen molar-refractivity contribution < 1.29 is 9.90 Å². The van der Waals surface area contributed by atoms with Gasteiger partial charge in [0.15, 0.2) is 0 Å². The van der Waals surface area contributed by atoms with Crippen molar-refractivity contribution in [3.8, 4) is 5.75 Å². The van der Waals surface area contributed by atoms with Crippen LogP contribution in [0.1, 0.15) is 37.0 Å². The molecule has 1 aromatic rings. The molecule has 0 atom stereocenters. The van der Waals surface area contributed by atoms with E-state index < -0.39 is 0 Å². The van der Waals surface area contributed by atoms with Crippen molar-refractivity contribution in [2.24, 2.45) is 5.41 Å². The average molecular weight is 270 g/mol. The highest BCUT2D eigenvalue weighted by atomic mass is 35.5. The van der Waals surface area contributed by atoms with E-state index in [0.29, 0.717) is 18.0 Å². The Kier molecular flexibility index (Phi) is 5.48. The highest BCUT2D eigenvalue weighted by Gasteiger charge is 2.25. The number of halogens is 1. The van der Waals surface area contributed by atoms with Crippen LogP contribution in [-0.2, 0) is 0 Å². The van der Waals surface area contributed by atoms with Gasteiger partial charge in [-0.2, -0.15) is 0 Å². The van der Waals surface area contributed by atoms with Gasteiger partial charge in [-0.15, -0.1) is 11.6 Å². The lowest BCUT2D eigenvalue weighted by atomic mass is 9.84. The molecule has 4 heteroatoms. The summed E-state index contributed by atoms with van der Waals surface area (Å²) in [5.74, 6) is 0.561. The zero-order valence-corrected chi connectivity index (χ0v) is 11.6. The Labute approximate surface area is 113 Å². The predicted molar refractivity (Wildman–Crippen MR) is 74.2 cm³/mol. The number of phenolic OH excluding ortho intramolecular Hbond substituents is 1. The zero-order chi connectivity index (χ0) is 13.6. The topological polar surface area (TPSA) is 49.3 Å². The van der Waals surface area contributed by atoms with Crippen molar-refractivity contribution in [3.63, 3.8) is 0 Å². The third kappa shape index (κ3) is 3.64. The average Bonchev–Trinajstić information content (AvgIpc) is 2.41. The highest BCUT2D eigenvalue weighted by molar-refractivity contribution is 6.18. The van der Waals surface area contributed by atoms with Crippen LogP contribution < -0.4 is 5.32 Å². The van der Waals surface area contributed by atoms with E-state index in [1.165, 1.54) is 12.1 Å². The molecule has 3 nitrogen and oxygen atoms in total. The Bertz CT molecular complexity index is 377. The van der Waals surface area contributed by atoms with Gasteiger partial charge in [-0.1, -0.05) is 13.8 Å². The molecule has 1 amide bonds. The standard InChI is InChI=1S/C14H20ClNO2/c1-3-14(4-2,9-15)10-16-13(18)11-5-7-12(17)8-6-11/h5-8,17H,3-4,9-10H2,1-2H3,(H,16,18). The Balaban J connectivity index is 2.63. The lowest BCUT2D eigenvalue weighted by Crippen LogP contribution is -2.38. The molecule has 18 heavy (non-hydrogen) atoms. The van der Waals surface area contributed by atoms with Gasteiger partial charge in [0.05, 0.1) is 0 Å². The van der Waals surface area contributed by atoms with Crippen LogP contribution in [-0.4, -0.2) is 23.4 Å². The maximum absolute atomic E-state index is 11.9. The first kappa shape index (κ1) is 14.8. The molecular formula is C14H20ClNO2. The lowest BCUT2D eigenvalue weighted by molar-refractivity contribution is 0.0932. The molecule has 0 heterocycles. The summed E-state index contributed by atoms with van der Waals surface area (Å²) < 4.78 is 0. The Morgan fingerprint density at radius 3 is 2.28 bits per heavy atom. The molecule has 100 valence electrons. The van der Waals surface area contributed by atoms with Crippen molar-refractivity contribution in [2.75, 3.05) is 12.4 Å². The number of hydrogen-bond acceptors (Lipinski definition) is 2. The molecule has 0 spiro atoms. The number of rotatable bonds is 6. The fourth-order valence-electron chi connectivity index (χ4n) is 1.72. The van der Waals surface area contributed by atoms with Crippen LogP contribution in [0.3, 0.4) is 0 Å². The molecule has 0 unspecified atom stereocenters. The van der Waals surface area contributed by atoms with E-state index in [-0.39, 0.29) is 17.1 Å². The largest absolute Gasteiger partial charge is 0.508 e. The molecule has 2 N–H and O–H groups in total. The van der Waals surface area contributed by atoms with Crippen LogP contribution in [0.4, 0.5) is 0 Å². The van der Waals surface area contributed by atoms with Crippen molar-refractivity contribution in [3.05, 3.63) is 29.8 Å². The van der Waals surface area contributed by atoms with Gasteiger partial charge in [0, 0.05) is 23.4 Å². The molecule has 1 aromatic carbocycles. The van der Waals surface area contributed by atoms with Gasteiger partial charge in [0.25, 0.3) is 5.91 Å². The van der Waals surface area contributed by atoms with Crippen LogP contribution in [0.5, 0.6) is 5.75 Å². The Hall–Kier alpha value is -1.22. The molecule has 0 aromatic heterocycles. The summed E-state index contributed by atoms with van der Waals surface area (Å²) in [7, 11) is 0. The number of alkyl halides is 1. The first-order chi connectivity index (χ1) is 8.56. The summed E-state index contributed by atoms with van der Waals surface area (Å²) in [6.45, 7) is 4.74. The number of benzene rings is 1. The molecule has 0 aliphatic rings. The summed E-state index contributed by atoms with van der Waals surface area (Å²) in [6.07, 6.45) is 1.87. The van der Waals surface area contributed by atoms with E-state index >= 15 is 0 Å². The zero-order valence-electron chi connectivity index (χ0n) is 10.9. The molecule has 0 radical (unpaired) electrons. The van der Waals surface area contributed by atoms with Crippen LogP contribution >= 0.6 is 11.6 Å². The van der Waals surface area contributed by atoms with E-state index in [4.69, 9.17) is 16.7 Å². The second-order valence-corrected chi connectivity index (χ2v) is 4.84. The van der Waals surface area contributed by atoms with Gasteiger partial charge in [0.2, 0.25) is 0 Å². The molecule has 0 fully saturated rings. The molecule has 0 aliphatic carbocycles.